The van der Waals surface area contributed by atoms with Gasteiger partial charge in [-0.1, -0.05) is 19.1 Å². The first-order valence-electron chi connectivity index (χ1n) is 16.6. The van der Waals surface area contributed by atoms with Gasteiger partial charge in [-0.05, 0) is 67.3 Å². The minimum Gasteiger partial charge on any atom is -0.378 e. The highest BCUT2D eigenvalue weighted by Gasteiger charge is 2.42. The molecule has 0 bridgehead atoms. The Bertz CT molecular complexity index is 1770. The van der Waals surface area contributed by atoms with Gasteiger partial charge in [0.15, 0.2) is 9.84 Å². The highest BCUT2D eigenvalue weighted by molar-refractivity contribution is 7.92. The van der Waals surface area contributed by atoms with Gasteiger partial charge in [0.1, 0.15) is 17.8 Å². The molecule has 1 aromatic carbocycles. The molecule has 0 radical (unpaired) electrons. The average Bonchev–Trinajstić information content (AvgIpc) is 3.54. The minimum atomic E-state index is -3.05. The van der Waals surface area contributed by atoms with E-state index in [1.807, 2.05) is 22.1 Å². The number of hydrogen-bond acceptors (Lipinski definition) is 10. The fourth-order valence-electron chi connectivity index (χ4n) is 7.84. The molecule has 47 heavy (non-hydrogen) atoms. The topological polar surface area (TPSA) is 121 Å². The van der Waals surface area contributed by atoms with Crippen LogP contribution in [0.2, 0.25) is 0 Å². The van der Waals surface area contributed by atoms with E-state index in [9.17, 15) is 17.6 Å². The number of nitrogens with zero attached hydrogens (tertiary/aromatic N) is 6. The maximum absolute atomic E-state index is 14.6. The normalized spacial score (nSPS) is 26.3. The molecule has 13 heteroatoms. The van der Waals surface area contributed by atoms with E-state index in [0.717, 1.165) is 54.1 Å². The molecule has 3 aromatic rings. The smallest absolute Gasteiger partial charge is 0.246 e. The number of ether oxygens (including phenoxy) is 1. The Morgan fingerprint density at radius 1 is 1.02 bits per heavy atom. The number of anilines is 4. The number of alkyl halides is 1. The molecule has 0 aliphatic carbocycles. The predicted octanol–water partition coefficient (Wildman–Crippen LogP) is 4.58. The third-order valence-corrected chi connectivity index (χ3v) is 12.8. The van der Waals surface area contributed by atoms with Crippen LogP contribution < -0.4 is 15.1 Å². The summed E-state index contributed by atoms with van der Waals surface area (Å²) < 4.78 is 45.5. The Morgan fingerprint density at radius 3 is 2.64 bits per heavy atom. The fourth-order valence-corrected chi connectivity index (χ4v) is 10.0. The molecule has 7 rings (SSSR count). The van der Waals surface area contributed by atoms with Crippen LogP contribution in [0.15, 0.2) is 49.3 Å². The zero-order valence-electron chi connectivity index (χ0n) is 26.7. The van der Waals surface area contributed by atoms with Crippen molar-refractivity contribution in [3.8, 4) is 0 Å². The van der Waals surface area contributed by atoms with Crippen LogP contribution in [0.5, 0.6) is 0 Å². The van der Waals surface area contributed by atoms with E-state index in [4.69, 9.17) is 9.72 Å². The average molecular weight is 664 g/mol. The summed E-state index contributed by atoms with van der Waals surface area (Å²) in [7, 11) is -1.52. The monoisotopic (exact) mass is 663 g/mol. The third-order valence-electron chi connectivity index (χ3n) is 10.4. The molecule has 1 amide bonds. The lowest BCUT2D eigenvalue weighted by Crippen LogP contribution is -2.55. The number of carbonyl (C=O) groups excluding carboxylic acids is 1. The lowest BCUT2D eigenvalue weighted by Gasteiger charge is -2.46. The SMILES string of the molecule is C=CC(=O)N1CCC[C@H]1c1ccc(N2CC([C@@H]3CCCCS3(=O)=O)C2)c2cnc(Nc3ccnc(N4CC[C@@H](OC)[C@@H](F)C4)n3)cc12. The van der Waals surface area contributed by atoms with Gasteiger partial charge >= 0.3 is 0 Å². The number of fused-ring (bicyclic) bond motifs is 1. The largest absolute Gasteiger partial charge is 0.378 e. The number of piperidine rings is 1. The summed E-state index contributed by atoms with van der Waals surface area (Å²) in [4.78, 5) is 32.6. The van der Waals surface area contributed by atoms with Crippen LogP contribution in [0.3, 0.4) is 0 Å². The number of aromatic nitrogens is 3. The Balaban J connectivity index is 1.19. The van der Waals surface area contributed by atoms with Crippen molar-refractivity contribution < 1.29 is 22.3 Å². The van der Waals surface area contributed by atoms with Crippen molar-refractivity contribution in [3.05, 3.63) is 54.9 Å². The van der Waals surface area contributed by atoms with E-state index in [2.05, 4.69) is 38.9 Å². The van der Waals surface area contributed by atoms with Crippen molar-refractivity contribution in [3.63, 3.8) is 0 Å². The molecule has 4 aliphatic heterocycles. The van der Waals surface area contributed by atoms with Gasteiger partial charge < -0.3 is 24.8 Å². The molecule has 4 fully saturated rings. The van der Waals surface area contributed by atoms with E-state index in [-0.39, 0.29) is 29.7 Å². The molecule has 0 saturated carbocycles. The van der Waals surface area contributed by atoms with Crippen LogP contribution in [0.1, 0.15) is 50.1 Å². The molecule has 4 aliphatic rings. The second kappa shape index (κ2) is 13.0. The van der Waals surface area contributed by atoms with Crippen molar-refractivity contribution in [2.75, 3.05) is 60.7 Å². The number of benzene rings is 1. The highest BCUT2D eigenvalue weighted by atomic mass is 32.2. The van der Waals surface area contributed by atoms with Crippen molar-refractivity contribution in [2.24, 2.45) is 5.92 Å². The standard InChI is InChI=1S/C34H42FN7O4S/c1-3-33(43)42-14-6-7-28(42)23-9-10-27(41-19-22(20-41)30-8-4-5-16-47(30,44)45)25-18-37-32(17-24(23)25)38-31-11-13-36-34(39-31)40-15-12-29(46-2)26(35)21-40/h3,9-11,13,17-18,22,26,28-30H,1,4-8,12,14-16,19-21H2,2H3,(H,36,37,38,39)/t26-,28-,29+,30-/m0/s1. The van der Waals surface area contributed by atoms with Gasteiger partial charge in [-0.3, -0.25) is 4.79 Å². The zero-order chi connectivity index (χ0) is 32.7. The first-order chi connectivity index (χ1) is 22.8. The van der Waals surface area contributed by atoms with Gasteiger partial charge in [0.25, 0.3) is 0 Å². The summed E-state index contributed by atoms with van der Waals surface area (Å²) in [5.74, 6) is 1.88. The third kappa shape index (κ3) is 6.15. The summed E-state index contributed by atoms with van der Waals surface area (Å²) in [5, 5.41) is 4.98. The molecule has 4 atom stereocenters. The number of rotatable bonds is 8. The molecule has 2 aromatic heterocycles. The minimum absolute atomic E-state index is 0.0880. The molecular formula is C34H42FN7O4S. The van der Waals surface area contributed by atoms with E-state index in [1.165, 1.54) is 13.2 Å². The predicted molar refractivity (Wildman–Crippen MR) is 181 cm³/mol. The van der Waals surface area contributed by atoms with Crippen molar-refractivity contribution in [2.45, 2.75) is 62.1 Å². The van der Waals surface area contributed by atoms with E-state index in [1.54, 1.807) is 12.3 Å². The van der Waals surface area contributed by atoms with Crippen molar-refractivity contribution in [1.82, 2.24) is 19.9 Å². The second-order valence-electron chi connectivity index (χ2n) is 13.1. The molecule has 0 spiro atoms. The number of nitrogens with one attached hydrogen (secondary N) is 1. The highest BCUT2D eigenvalue weighted by Crippen LogP contribution is 2.42. The number of methoxy groups -OCH3 is 1. The summed E-state index contributed by atoms with van der Waals surface area (Å²) in [6.07, 6.45) is 8.09. The molecular weight excluding hydrogens is 621 g/mol. The van der Waals surface area contributed by atoms with Crippen molar-refractivity contribution >= 4 is 49.8 Å². The van der Waals surface area contributed by atoms with E-state index in [0.29, 0.717) is 55.9 Å². The molecule has 0 unspecified atom stereocenters. The van der Waals surface area contributed by atoms with Crippen LogP contribution >= 0.6 is 0 Å². The lowest BCUT2D eigenvalue weighted by atomic mass is 9.90. The Kier molecular flexibility index (Phi) is 8.77. The fraction of sp³-hybridized carbons (Fsp3) is 0.529. The summed E-state index contributed by atoms with van der Waals surface area (Å²) in [6.45, 7) is 6.52. The van der Waals surface area contributed by atoms with Gasteiger partial charge in [0.2, 0.25) is 11.9 Å². The number of sulfone groups is 1. The van der Waals surface area contributed by atoms with Gasteiger partial charge in [0, 0.05) is 62.7 Å². The lowest BCUT2D eigenvalue weighted by molar-refractivity contribution is -0.126. The number of halogens is 1. The van der Waals surface area contributed by atoms with Crippen LogP contribution in [0.25, 0.3) is 10.8 Å². The van der Waals surface area contributed by atoms with Gasteiger partial charge in [-0.2, -0.15) is 4.98 Å². The van der Waals surface area contributed by atoms with E-state index < -0.39 is 22.1 Å². The first kappa shape index (κ1) is 31.7. The number of carbonyl (C=O) groups is 1. The van der Waals surface area contributed by atoms with Gasteiger partial charge in [0.05, 0.1) is 29.7 Å². The van der Waals surface area contributed by atoms with Crippen LogP contribution in [-0.4, -0.2) is 97.3 Å². The van der Waals surface area contributed by atoms with Gasteiger partial charge in [-0.15, -0.1) is 0 Å². The summed E-state index contributed by atoms with van der Waals surface area (Å²) >= 11 is 0. The first-order valence-corrected chi connectivity index (χ1v) is 18.3. The summed E-state index contributed by atoms with van der Waals surface area (Å²) in [6, 6.07) is 7.84. The van der Waals surface area contributed by atoms with Crippen LogP contribution in [-0.2, 0) is 19.4 Å². The quantitative estimate of drug-likeness (QED) is 0.343. The molecule has 1 N–H and O–H groups in total. The van der Waals surface area contributed by atoms with Crippen molar-refractivity contribution in [1.29, 1.82) is 0 Å². The van der Waals surface area contributed by atoms with Crippen LogP contribution in [0, 0.1) is 5.92 Å². The molecule has 250 valence electrons. The molecule has 11 nitrogen and oxygen atoms in total. The Morgan fingerprint density at radius 2 is 1.87 bits per heavy atom. The number of pyridine rings is 1. The van der Waals surface area contributed by atoms with Gasteiger partial charge in [-0.25, -0.2) is 22.8 Å². The maximum Gasteiger partial charge on any atom is 0.246 e. The number of amides is 1. The zero-order valence-corrected chi connectivity index (χ0v) is 27.5. The number of hydrogen-bond donors (Lipinski definition) is 1. The summed E-state index contributed by atoms with van der Waals surface area (Å²) in [5.41, 5.74) is 2.05. The maximum atomic E-state index is 14.6. The second-order valence-corrected chi connectivity index (χ2v) is 15.5. The Hall–Kier alpha value is -3.84. The number of likely N-dealkylation sites (tertiary alicyclic amines) is 1. The molecule has 4 saturated heterocycles. The molecule has 6 heterocycles. The Labute approximate surface area is 275 Å². The van der Waals surface area contributed by atoms with Crippen LogP contribution in [0.4, 0.5) is 27.7 Å². The van der Waals surface area contributed by atoms with E-state index >= 15 is 0 Å².